The third-order valence-electron chi connectivity index (χ3n) is 9.65. The zero-order chi connectivity index (χ0) is 32.4. The molecule has 0 aliphatic carbocycles. The van der Waals surface area contributed by atoms with E-state index < -0.39 is 73.6 Å². The van der Waals surface area contributed by atoms with Crippen molar-refractivity contribution >= 4 is 0 Å². The van der Waals surface area contributed by atoms with Gasteiger partial charge in [-0.05, 0) is 65.4 Å². The van der Waals surface area contributed by atoms with E-state index in [1.165, 1.54) is 0 Å². The number of aliphatic hydroxyl groups excluding tert-OH is 8. The van der Waals surface area contributed by atoms with E-state index in [1.807, 2.05) is 30.3 Å². The molecule has 4 aliphatic rings. The van der Waals surface area contributed by atoms with Crippen molar-refractivity contribution in [3.8, 4) is 33.8 Å². The summed E-state index contributed by atoms with van der Waals surface area (Å²) in [5, 5.41) is 81.7. The summed E-state index contributed by atoms with van der Waals surface area (Å²) in [6, 6.07) is 13.1. The minimum absolute atomic E-state index is 0.198. The van der Waals surface area contributed by atoms with Crippen molar-refractivity contribution in [2.24, 2.45) is 0 Å². The second-order valence-corrected chi connectivity index (χ2v) is 12.5. The minimum Gasteiger partial charge on any atom is -0.459 e. The summed E-state index contributed by atoms with van der Waals surface area (Å²) in [4.78, 5) is 4.47. The van der Waals surface area contributed by atoms with E-state index in [0.29, 0.717) is 24.3 Å². The van der Waals surface area contributed by atoms with Crippen molar-refractivity contribution in [3.63, 3.8) is 0 Å². The molecule has 0 unspecified atom stereocenters. The Kier molecular flexibility index (Phi) is 8.05. The molecule has 0 radical (unpaired) electrons. The number of ether oxygens (including phenoxy) is 4. The molecule has 2 fully saturated rings. The van der Waals surface area contributed by atoms with Gasteiger partial charge in [0.25, 0.3) is 0 Å². The van der Waals surface area contributed by atoms with Gasteiger partial charge >= 0.3 is 0 Å². The Hall–Kier alpha value is -3.21. The molecule has 0 amide bonds. The number of hydrogen-bond donors (Lipinski definition) is 8. The number of aromatic nitrogens is 1. The first-order valence-electron chi connectivity index (χ1n) is 15.3. The molecule has 10 atom stereocenters. The van der Waals surface area contributed by atoms with E-state index in [-0.39, 0.29) is 12.8 Å². The lowest BCUT2D eigenvalue weighted by Gasteiger charge is -2.49. The van der Waals surface area contributed by atoms with E-state index in [1.54, 1.807) is 24.5 Å². The monoisotopic (exact) mass is 639 g/mol. The quantitative estimate of drug-likeness (QED) is 0.180. The molecule has 246 valence electrons. The Labute approximate surface area is 263 Å². The predicted molar refractivity (Wildman–Crippen MR) is 158 cm³/mol. The maximum absolute atomic E-state index is 10.7. The fourth-order valence-corrected chi connectivity index (χ4v) is 6.95. The molecule has 2 aromatic carbocycles. The van der Waals surface area contributed by atoms with Crippen LogP contribution in [-0.4, -0.2) is 119 Å². The van der Waals surface area contributed by atoms with Crippen LogP contribution in [0, 0.1) is 0 Å². The normalized spacial score (nSPS) is 36.9. The van der Waals surface area contributed by atoms with Crippen molar-refractivity contribution < 1.29 is 59.8 Å². The highest BCUT2D eigenvalue weighted by Gasteiger charge is 2.57. The summed E-state index contributed by atoms with van der Waals surface area (Å²) in [5.41, 5.74) is 5.18. The topological polar surface area (TPSA) is 212 Å². The van der Waals surface area contributed by atoms with Gasteiger partial charge in [-0.15, -0.1) is 0 Å². The molecular formula is C33H37NO12. The largest absolute Gasteiger partial charge is 0.459 e. The van der Waals surface area contributed by atoms with Gasteiger partial charge in [-0.25, -0.2) is 0 Å². The molecule has 1 aromatic heterocycles. The van der Waals surface area contributed by atoms with Gasteiger partial charge in [0.15, 0.2) is 0 Å². The van der Waals surface area contributed by atoms with Gasteiger partial charge in [0, 0.05) is 36.4 Å². The van der Waals surface area contributed by atoms with Crippen LogP contribution in [0.15, 0.2) is 54.9 Å². The van der Waals surface area contributed by atoms with Gasteiger partial charge in [-0.3, -0.25) is 4.98 Å². The smallest absolute Gasteiger partial charge is 0.240 e. The van der Waals surface area contributed by atoms with Crippen molar-refractivity contribution in [1.82, 2.24) is 4.98 Å². The maximum atomic E-state index is 10.7. The van der Waals surface area contributed by atoms with Gasteiger partial charge < -0.3 is 59.8 Å². The number of nitrogens with zero attached hydrogens (tertiary/aromatic N) is 1. The van der Waals surface area contributed by atoms with Crippen LogP contribution < -0.4 is 9.47 Å². The molecule has 2 spiro atoms. The number of benzene rings is 2. The summed E-state index contributed by atoms with van der Waals surface area (Å²) < 4.78 is 23.8. The molecule has 13 nitrogen and oxygen atoms in total. The molecular weight excluding hydrogens is 602 g/mol. The van der Waals surface area contributed by atoms with Crippen LogP contribution in [-0.2, 0) is 22.3 Å². The van der Waals surface area contributed by atoms with Crippen molar-refractivity contribution in [1.29, 1.82) is 0 Å². The first kappa shape index (κ1) is 31.4. The first-order chi connectivity index (χ1) is 22.1. The lowest BCUT2D eigenvalue weighted by Crippen LogP contribution is -2.68. The van der Waals surface area contributed by atoms with Crippen LogP contribution in [0.2, 0.25) is 0 Å². The van der Waals surface area contributed by atoms with Crippen LogP contribution >= 0.6 is 0 Å². The summed E-state index contributed by atoms with van der Waals surface area (Å²) in [7, 11) is 0. The molecule has 3 aromatic rings. The lowest BCUT2D eigenvalue weighted by atomic mass is 9.86. The Morgan fingerprint density at radius 2 is 1.02 bits per heavy atom. The summed E-state index contributed by atoms with van der Waals surface area (Å²) in [5.74, 6) is -2.27. The Bertz CT molecular complexity index is 1490. The number of aryl methyl sites for hydroxylation is 2. The highest BCUT2D eigenvalue weighted by molar-refractivity contribution is 5.73. The average molecular weight is 640 g/mol. The van der Waals surface area contributed by atoms with E-state index >= 15 is 0 Å². The second kappa shape index (κ2) is 11.8. The highest BCUT2D eigenvalue weighted by Crippen LogP contribution is 2.44. The maximum Gasteiger partial charge on any atom is 0.240 e. The highest BCUT2D eigenvalue weighted by atomic mass is 16.7. The molecule has 8 N–H and O–H groups in total. The van der Waals surface area contributed by atoms with Gasteiger partial charge in [0.1, 0.15) is 60.3 Å². The van der Waals surface area contributed by atoms with E-state index in [2.05, 4.69) is 4.98 Å². The molecule has 5 heterocycles. The fraction of sp³-hybridized carbons (Fsp3) is 0.485. The van der Waals surface area contributed by atoms with Gasteiger partial charge in [-0.1, -0.05) is 12.1 Å². The molecule has 46 heavy (non-hydrogen) atoms. The SMILES string of the molecule is OC[C@H]1O[C@@]2(CCc3cc(-c4cncc(-c5ccc6c(c5)CC[C@]5(O6)O[C@H](CO)[C@@H](O)[C@H](O)[C@@H]5O)c4)ccc3O2)[C@@H](O)[C@@H](O)[C@@H]1O. The fourth-order valence-electron chi connectivity index (χ4n) is 6.95. The van der Waals surface area contributed by atoms with Gasteiger partial charge in [0.05, 0.1) is 13.2 Å². The minimum atomic E-state index is -1.60. The van der Waals surface area contributed by atoms with Crippen LogP contribution in [0.1, 0.15) is 24.0 Å². The van der Waals surface area contributed by atoms with Gasteiger partial charge in [0.2, 0.25) is 11.6 Å². The third-order valence-corrected chi connectivity index (χ3v) is 9.65. The zero-order valence-electron chi connectivity index (χ0n) is 24.7. The van der Waals surface area contributed by atoms with Crippen molar-refractivity contribution in [2.45, 2.75) is 86.1 Å². The predicted octanol–water partition coefficient (Wildman–Crippen LogP) is -0.594. The number of rotatable bonds is 4. The number of hydrogen-bond acceptors (Lipinski definition) is 13. The Morgan fingerprint density at radius 3 is 1.43 bits per heavy atom. The zero-order valence-corrected chi connectivity index (χ0v) is 24.7. The molecule has 4 aliphatic heterocycles. The summed E-state index contributed by atoms with van der Waals surface area (Å²) in [6.45, 7) is -1.08. The standard InChI is InChI=1S/C33H37NO12/c35-14-24-26(37)28(39)30(41)32(45-24)7-5-18-9-16(1-3-22(18)43-32)20-11-21(13-34-12-20)17-2-4-23-19(10-17)6-8-33(44-23)31(42)29(40)27(38)25(15-36)46-33/h1-4,9-13,24-31,35-42H,5-8,14-15H2/t24-,25-,26-,27-,28+,29+,30+,31+,32+,33+/m1/s1. The Balaban J connectivity index is 1.11. The van der Waals surface area contributed by atoms with Crippen molar-refractivity contribution in [2.75, 3.05) is 13.2 Å². The second-order valence-electron chi connectivity index (χ2n) is 12.5. The molecule has 13 heteroatoms. The Morgan fingerprint density at radius 1 is 0.587 bits per heavy atom. The van der Waals surface area contributed by atoms with Gasteiger partial charge in [-0.2, -0.15) is 0 Å². The molecule has 0 bridgehead atoms. The number of pyridine rings is 1. The lowest BCUT2D eigenvalue weighted by molar-refractivity contribution is -0.342. The molecule has 2 saturated heterocycles. The summed E-state index contributed by atoms with van der Waals surface area (Å²) in [6.07, 6.45) is -6.39. The third kappa shape index (κ3) is 5.08. The number of aliphatic hydroxyl groups is 8. The number of fused-ring (bicyclic) bond motifs is 2. The van der Waals surface area contributed by atoms with Crippen LogP contribution in [0.3, 0.4) is 0 Å². The van der Waals surface area contributed by atoms with Crippen LogP contribution in [0.5, 0.6) is 11.5 Å². The molecule has 0 saturated carbocycles. The first-order valence-corrected chi connectivity index (χ1v) is 15.3. The van der Waals surface area contributed by atoms with Crippen molar-refractivity contribution in [3.05, 3.63) is 66.0 Å². The van der Waals surface area contributed by atoms with E-state index in [4.69, 9.17) is 18.9 Å². The summed E-state index contributed by atoms with van der Waals surface area (Å²) >= 11 is 0. The van der Waals surface area contributed by atoms with E-state index in [9.17, 15) is 40.9 Å². The molecule has 7 rings (SSSR count). The van der Waals surface area contributed by atoms with Crippen LogP contribution in [0.4, 0.5) is 0 Å². The average Bonchev–Trinajstić information content (AvgIpc) is 3.09. The van der Waals surface area contributed by atoms with Crippen LogP contribution in [0.25, 0.3) is 22.3 Å². The van der Waals surface area contributed by atoms with E-state index in [0.717, 1.165) is 33.4 Å².